The normalized spacial score (nSPS) is 13.2. The Kier molecular flexibility index (Phi) is 5.49. The standard InChI is InChI=1S/C16H16BrN3O2.ClH/c17-13-7-6-11(9-16(13)20(21)22)10-19-8-2-3-12-14(18)4-1-5-15(12)19;/h1,4-7,9H,2-3,8,10,18H2;1H. The van der Waals surface area contributed by atoms with Crippen LogP contribution in [0.1, 0.15) is 17.5 Å². The molecule has 0 fully saturated rings. The largest absolute Gasteiger partial charge is 0.398 e. The van der Waals surface area contributed by atoms with E-state index in [0.717, 1.165) is 36.3 Å². The minimum absolute atomic E-state index is 0. The van der Waals surface area contributed by atoms with Gasteiger partial charge in [0.05, 0.1) is 9.40 Å². The molecular formula is C16H17BrClN3O2. The van der Waals surface area contributed by atoms with E-state index in [1.54, 1.807) is 12.1 Å². The molecule has 0 aromatic heterocycles. The first-order valence-corrected chi connectivity index (χ1v) is 7.90. The summed E-state index contributed by atoms with van der Waals surface area (Å²) >= 11 is 3.22. The van der Waals surface area contributed by atoms with E-state index in [9.17, 15) is 10.1 Å². The highest BCUT2D eigenvalue weighted by molar-refractivity contribution is 9.10. The summed E-state index contributed by atoms with van der Waals surface area (Å²) in [5.41, 5.74) is 10.2. The molecule has 1 heterocycles. The number of benzene rings is 2. The summed E-state index contributed by atoms with van der Waals surface area (Å²) < 4.78 is 0.504. The molecule has 0 unspecified atom stereocenters. The van der Waals surface area contributed by atoms with Crippen molar-refractivity contribution in [2.24, 2.45) is 0 Å². The van der Waals surface area contributed by atoms with E-state index >= 15 is 0 Å². The van der Waals surface area contributed by atoms with Crippen molar-refractivity contribution in [1.29, 1.82) is 0 Å². The highest BCUT2D eigenvalue weighted by Crippen LogP contribution is 2.33. The third kappa shape index (κ3) is 3.59. The van der Waals surface area contributed by atoms with Crippen LogP contribution in [-0.4, -0.2) is 11.5 Å². The molecule has 0 aliphatic carbocycles. The SMILES string of the molecule is Cl.Nc1cccc2c1CCCN2Cc1ccc(Br)c([N+](=O)[O-])c1. The second-order valence-electron chi connectivity index (χ2n) is 5.41. The van der Waals surface area contributed by atoms with Crippen LogP contribution < -0.4 is 10.6 Å². The Morgan fingerprint density at radius 1 is 1.30 bits per heavy atom. The molecule has 7 heteroatoms. The van der Waals surface area contributed by atoms with Gasteiger partial charge in [0.2, 0.25) is 0 Å². The molecule has 0 radical (unpaired) electrons. The summed E-state index contributed by atoms with van der Waals surface area (Å²) in [4.78, 5) is 12.9. The summed E-state index contributed by atoms with van der Waals surface area (Å²) in [6, 6.07) is 11.2. The van der Waals surface area contributed by atoms with E-state index in [4.69, 9.17) is 5.73 Å². The number of nitro benzene ring substituents is 1. The number of nitrogen functional groups attached to an aromatic ring is 1. The van der Waals surface area contributed by atoms with Gasteiger partial charge in [-0.25, -0.2) is 0 Å². The topological polar surface area (TPSA) is 72.4 Å². The van der Waals surface area contributed by atoms with Gasteiger partial charge in [0.1, 0.15) is 0 Å². The van der Waals surface area contributed by atoms with Gasteiger partial charge >= 0.3 is 0 Å². The zero-order chi connectivity index (χ0) is 15.7. The second kappa shape index (κ2) is 7.19. The smallest absolute Gasteiger partial charge is 0.283 e. The van der Waals surface area contributed by atoms with Crippen molar-refractivity contribution in [3.05, 3.63) is 62.1 Å². The molecule has 122 valence electrons. The maximum absolute atomic E-state index is 11.1. The molecule has 23 heavy (non-hydrogen) atoms. The average Bonchev–Trinajstić information content (AvgIpc) is 2.50. The minimum Gasteiger partial charge on any atom is -0.398 e. The van der Waals surface area contributed by atoms with E-state index in [2.05, 4.69) is 26.9 Å². The molecule has 1 aliphatic heterocycles. The van der Waals surface area contributed by atoms with Crippen LogP contribution in [0.15, 0.2) is 40.9 Å². The van der Waals surface area contributed by atoms with Crippen LogP contribution in [0.4, 0.5) is 17.1 Å². The van der Waals surface area contributed by atoms with Gasteiger partial charge in [-0.15, -0.1) is 12.4 Å². The van der Waals surface area contributed by atoms with E-state index in [1.807, 2.05) is 18.2 Å². The van der Waals surface area contributed by atoms with Crippen LogP contribution in [0.5, 0.6) is 0 Å². The summed E-state index contributed by atoms with van der Waals surface area (Å²) in [5, 5.41) is 11.1. The second-order valence-corrected chi connectivity index (χ2v) is 6.27. The van der Waals surface area contributed by atoms with Crippen molar-refractivity contribution < 1.29 is 4.92 Å². The summed E-state index contributed by atoms with van der Waals surface area (Å²) in [7, 11) is 0. The van der Waals surface area contributed by atoms with Gasteiger partial charge in [0.25, 0.3) is 5.69 Å². The molecule has 3 rings (SSSR count). The molecule has 0 atom stereocenters. The molecule has 0 bridgehead atoms. The Hall–Kier alpha value is -1.79. The van der Waals surface area contributed by atoms with Crippen molar-refractivity contribution in [2.75, 3.05) is 17.2 Å². The molecule has 0 saturated heterocycles. The third-order valence-electron chi connectivity index (χ3n) is 3.96. The number of halogens is 2. The number of hydrogen-bond donors (Lipinski definition) is 1. The van der Waals surface area contributed by atoms with Crippen molar-refractivity contribution >= 4 is 45.4 Å². The van der Waals surface area contributed by atoms with Crippen LogP contribution in [0, 0.1) is 10.1 Å². The molecular weight excluding hydrogens is 382 g/mol. The van der Waals surface area contributed by atoms with Gasteiger partial charge in [-0.1, -0.05) is 12.1 Å². The van der Waals surface area contributed by atoms with Crippen LogP contribution in [0.3, 0.4) is 0 Å². The molecule has 0 saturated carbocycles. The van der Waals surface area contributed by atoms with E-state index in [-0.39, 0.29) is 23.0 Å². The lowest BCUT2D eigenvalue weighted by Gasteiger charge is -2.32. The predicted molar refractivity (Wildman–Crippen MR) is 98.3 cm³/mol. The number of nitro groups is 1. The Bertz CT molecular complexity index is 739. The van der Waals surface area contributed by atoms with Crippen LogP contribution in [0.2, 0.25) is 0 Å². The molecule has 2 aromatic carbocycles. The molecule has 5 nitrogen and oxygen atoms in total. The fraction of sp³-hybridized carbons (Fsp3) is 0.250. The highest BCUT2D eigenvalue weighted by Gasteiger charge is 2.20. The Balaban J connectivity index is 0.00000192. The third-order valence-corrected chi connectivity index (χ3v) is 4.63. The van der Waals surface area contributed by atoms with Crippen molar-refractivity contribution in [3.63, 3.8) is 0 Å². The lowest BCUT2D eigenvalue weighted by atomic mass is 9.99. The first-order chi connectivity index (χ1) is 10.6. The predicted octanol–water partition coefficient (Wildman–Crippen LogP) is 4.31. The fourth-order valence-electron chi connectivity index (χ4n) is 2.91. The lowest BCUT2D eigenvalue weighted by molar-refractivity contribution is -0.385. The number of hydrogen-bond acceptors (Lipinski definition) is 4. The first kappa shape index (κ1) is 17.6. The molecule has 0 amide bonds. The van der Waals surface area contributed by atoms with Gasteiger partial charge in [-0.2, -0.15) is 0 Å². The molecule has 0 spiro atoms. The summed E-state index contributed by atoms with van der Waals surface area (Å²) in [6.07, 6.45) is 2.03. The quantitative estimate of drug-likeness (QED) is 0.475. The molecule has 1 aliphatic rings. The van der Waals surface area contributed by atoms with Crippen molar-refractivity contribution in [2.45, 2.75) is 19.4 Å². The van der Waals surface area contributed by atoms with Gasteiger partial charge in [0, 0.05) is 30.5 Å². The maximum Gasteiger partial charge on any atom is 0.283 e. The number of rotatable bonds is 3. The van der Waals surface area contributed by atoms with Crippen LogP contribution in [-0.2, 0) is 13.0 Å². The van der Waals surface area contributed by atoms with Gasteiger partial charge in [-0.3, -0.25) is 10.1 Å². The number of nitrogens with zero attached hydrogens (tertiary/aromatic N) is 2. The maximum atomic E-state index is 11.1. The molecule has 2 N–H and O–H groups in total. The van der Waals surface area contributed by atoms with Gasteiger partial charge < -0.3 is 10.6 Å². The summed E-state index contributed by atoms with van der Waals surface area (Å²) in [5.74, 6) is 0. The Morgan fingerprint density at radius 2 is 2.09 bits per heavy atom. The van der Waals surface area contributed by atoms with Crippen molar-refractivity contribution in [1.82, 2.24) is 0 Å². The van der Waals surface area contributed by atoms with E-state index < -0.39 is 0 Å². The number of nitrogens with two attached hydrogens (primary N) is 1. The Morgan fingerprint density at radius 3 is 2.83 bits per heavy atom. The van der Waals surface area contributed by atoms with Crippen molar-refractivity contribution in [3.8, 4) is 0 Å². The van der Waals surface area contributed by atoms with E-state index in [1.165, 1.54) is 5.56 Å². The zero-order valence-electron chi connectivity index (χ0n) is 12.4. The minimum atomic E-state index is -0.365. The zero-order valence-corrected chi connectivity index (χ0v) is 14.8. The average molecular weight is 399 g/mol. The lowest BCUT2D eigenvalue weighted by Crippen LogP contribution is -2.29. The number of fused-ring (bicyclic) bond motifs is 1. The Labute approximate surface area is 149 Å². The fourth-order valence-corrected chi connectivity index (χ4v) is 3.30. The van der Waals surface area contributed by atoms with Crippen LogP contribution in [0.25, 0.3) is 0 Å². The van der Waals surface area contributed by atoms with Gasteiger partial charge in [-0.05, 0) is 58.1 Å². The highest BCUT2D eigenvalue weighted by atomic mass is 79.9. The number of anilines is 2. The molecule has 2 aromatic rings. The van der Waals surface area contributed by atoms with Crippen LogP contribution >= 0.6 is 28.3 Å². The summed E-state index contributed by atoms with van der Waals surface area (Å²) in [6.45, 7) is 1.57. The first-order valence-electron chi connectivity index (χ1n) is 7.11. The van der Waals surface area contributed by atoms with E-state index in [0.29, 0.717) is 11.0 Å². The van der Waals surface area contributed by atoms with Gasteiger partial charge in [0.15, 0.2) is 0 Å². The monoisotopic (exact) mass is 397 g/mol.